The summed E-state index contributed by atoms with van der Waals surface area (Å²) in [6, 6.07) is 11.1. The first kappa shape index (κ1) is 28.7. The van der Waals surface area contributed by atoms with E-state index in [1.54, 1.807) is 12.1 Å². The normalized spacial score (nSPS) is 21.8. The Morgan fingerprint density at radius 3 is 2.56 bits per heavy atom. The van der Waals surface area contributed by atoms with Gasteiger partial charge in [0, 0.05) is 18.3 Å². The van der Waals surface area contributed by atoms with E-state index >= 15 is 0 Å². The lowest BCUT2D eigenvalue weighted by atomic mass is 9.79. The molecule has 0 amide bonds. The van der Waals surface area contributed by atoms with Gasteiger partial charge in [-0.1, -0.05) is 24.3 Å². The number of carbonyl (C=O) groups is 1. The summed E-state index contributed by atoms with van der Waals surface area (Å²) >= 11 is 0. The summed E-state index contributed by atoms with van der Waals surface area (Å²) in [7, 11) is -4.53. The third-order valence-electron chi connectivity index (χ3n) is 7.25. The lowest BCUT2D eigenvalue weighted by molar-refractivity contribution is -0.137. The van der Waals surface area contributed by atoms with Gasteiger partial charge in [-0.25, -0.2) is 24.5 Å². The van der Waals surface area contributed by atoms with E-state index in [9.17, 15) is 26.4 Å². The Balaban J connectivity index is 1.29. The molecule has 1 aromatic carbocycles. The SMILES string of the molecule is O=C(OS(=O)(=O)Nc1ccncn1)c1cccc(O[C@H]2CC[C@H](c3cccc(C(F)(F)F)c3)C[C@@H]2N2CCCC2)n1. The number of rotatable bonds is 8. The molecule has 3 atom stereocenters. The van der Waals surface area contributed by atoms with Gasteiger partial charge in [0.05, 0.1) is 5.56 Å². The molecule has 0 bridgehead atoms. The first-order valence-electron chi connectivity index (χ1n) is 13.1. The van der Waals surface area contributed by atoms with Crippen LogP contribution >= 0.6 is 0 Å². The molecule has 1 aliphatic carbocycles. The summed E-state index contributed by atoms with van der Waals surface area (Å²) in [6.07, 6.45) is 1.55. The van der Waals surface area contributed by atoms with Crippen LogP contribution in [-0.4, -0.2) is 59.5 Å². The Hall–Kier alpha value is -3.78. The van der Waals surface area contributed by atoms with Crippen molar-refractivity contribution in [2.75, 3.05) is 17.8 Å². The van der Waals surface area contributed by atoms with Crippen molar-refractivity contribution in [1.29, 1.82) is 0 Å². The second-order valence-corrected chi connectivity index (χ2v) is 11.3. The van der Waals surface area contributed by atoms with Gasteiger partial charge in [0.2, 0.25) is 5.88 Å². The largest absolute Gasteiger partial charge is 0.473 e. The molecule has 3 heterocycles. The van der Waals surface area contributed by atoms with E-state index in [2.05, 4.69) is 24.0 Å². The topological polar surface area (TPSA) is 124 Å². The second kappa shape index (κ2) is 12.0. The summed E-state index contributed by atoms with van der Waals surface area (Å²) in [4.78, 5) is 26.5. The van der Waals surface area contributed by atoms with Gasteiger partial charge >= 0.3 is 22.4 Å². The number of pyridine rings is 1. The number of hydrogen-bond acceptors (Lipinski definition) is 9. The van der Waals surface area contributed by atoms with Gasteiger partial charge in [-0.15, -0.1) is 0 Å². The molecule has 5 rings (SSSR count). The fraction of sp³-hybridized carbons (Fsp3) is 0.407. The lowest BCUT2D eigenvalue weighted by Gasteiger charge is -2.41. The van der Waals surface area contributed by atoms with Gasteiger partial charge < -0.3 is 8.92 Å². The van der Waals surface area contributed by atoms with Crippen molar-refractivity contribution in [3.05, 3.63) is 77.9 Å². The minimum atomic E-state index is -4.53. The smallest absolute Gasteiger partial charge is 0.416 e. The summed E-state index contributed by atoms with van der Waals surface area (Å²) in [5.74, 6) is -1.23. The van der Waals surface area contributed by atoms with Crippen molar-refractivity contribution in [3.63, 3.8) is 0 Å². The van der Waals surface area contributed by atoms with E-state index in [1.165, 1.54) is 36.5 Å². The van der Waals surface area contributed by atoms with Crippen molar-refractivity contribution in [2.45, 2.75) is 56.3 Å². The summed E-state index contributed by atoms with van der Waals surface area (Å²) < 4.78 is 77.4. The van der Waals surface area contributed by atoms with Gasteiger partial charge in [0.15, 0.2) is 5.69 Å². The molecule has 41 heavy (non-hydrogen) atoms. The fourth-order valence-electron chi connectivity index (χ4n) is 5.38. The zero-order valence-electron chi connectivity index (χ0n) is 21.8. The predicted molar refractivity (Wildman–Crippen MR) is 141 cm³/mol. The molecule has 0 radical (unpaired) electrons. The molecule has 1 saturated heterocycles. The van der Waals surface area contributed by atoms with Crippen LogP contribution < -0.4 is 9.46 Å². The molecule has 1 aliphatic heterocycles. The van der Waals surface area contributed by atoms with Gasteiger partial charge in [-0.05, 0) is 74.9 Å². The molecule has 10 nitrogen and oxygen atoms in total. The van der Waals surface area contributed by atoms with Crippen molar-refractivity contribution >= 4 is 22.1 Å². The van der Waals surface area contributed by atoms with Crippen molar-refractivity contribution in [3.8, 4) is 5.88 Å². The Morgan fingerprint density at radius 2 is 1.83 bits per heavy atom. The predicted octanol–water partition coefficient (Wildman–Crippen LogP) is 4.58. The molecule has 2 aromatic heterocycles. The number of nitrogens with one attached hydrogen (secondary N) is 1. The Bertz CT molecular complexity index is 1470. The number of aromatic nitrogens is 3. The van der Waals surface area contributed by atoms with Crippen LogP contribution in [0.2, 0.25) is 0 Å². The van der Waals surface area contributed by atoms with E-state index < -0.39 is 28.0 Å². The maximum atomic E-state index is 13.3. The Labute approximate surface area is 235 Å². The monoisotopic (exact) mass is 591 g/mol. The molecule has 1 N–H and O–H groups in total. The van der Waals surface area contributed by atoms with E-state index in [0.29, 0.717) is 24.8 Å². The number of nitrogens with zero attached hydrogens (tertiary/aromatic N) is 4. The standard InChI is InChI=1S/C27H28F3N5O5S/c28-27(29,30)20-6-3-5-18(15-20)19-9-10-23(22(16-19)35-13-1-2-14-35)39-25-8-4-7-21(33-25)26(36)40-41(37,38)34-24-11-12-31-17-32-24/h3-8,11-12,15,17,19,22-23H,1-2,9-10,13-14,16H2,(H,31,32,34)/t19-,22-,23-/m0/s1. The van der Waals surface area contributed by atoms with Gasteiger partial charge in [-0.2, -0.15) is 21.6 Å². The maximum Gasteiger partial charge on any atom is 0.416 e. The van der Waals surface area contributed by atoms with E-state index in [-0.39, 0.29) is 35.5 Å². The number of hydrogen-bond donors (Lipinski definition) is 1. The number of benzene rings is 1. The van der Waals surface area contributed by atoms with Crippen LogP contribution in [0, 0.1) is 0 Å². The summed E-state index contributed by atoms with van der Waals surface area (Å²) in [6.45, 7) is 1.72. The second-order valence-electron chi connectivity index (χ2n) is 9.98. The summed E-state index contributed by atoms with van der Waals surface area (Å²) in [5.41, 5.74) is -0.277. The van der Waals surface area contributed by atoms with Crippen LogP contribution in [0.4, 0.5) is 19.0 Å². The zero-order chi connectivity index (χ0) is 29.0. The number of carbonyl (C=O) groups excluding carboxylic acids is 1. The maximum absolute atomic E-state index is 13.3. The van der Waals surface area contributed by atoms with Gasteiger partial charge in [0.1, 0.15) is 18.2 Å². The zero-order valence-corrected chi connectivity index (χ0v) is 22.6. The molecule has 2 aliphatic rings. The highest BCUT2D eigenvalue weighted by molar-refractivity contribution is 7.88. The molecule has 3 aromatic rings. The Kier molecular flexibility index (Phi) is 8.40. The highest BCUT2D eigenvalue weighted by atomic mass is 32.2. The van der Waals surface area contributed by atoms with Crippen LogP contribution in [0.5, 0.6) is 5.88 Å². The van der Waals surface area contributed by atoms with E-state index in [0.717, 1.165) is 38.3 Å². The average Bonchev–Trinajstić information content (AvgIpc) is 3.48. The highest BCUT2D eigenvalue weighted by Gasteiger charge is 2.38. The van der Waals surface area contributed by atoms with E-state index in [4.69, 9.17) is 4.74 Å². The van der Waals surface area contributed by atoms with Crippen LogP contribution in [-0.2, 0) is 20.7 Å². The molecule has 218 valence electrons. The highest BCUT2D eigenvalue weighted by Crippen LogP contribution is 2.39. The first-order valence-corrected chi connectivity index (χ1v) is 14.6. The third-order valence-corrected chi connectivity index (χ3v) is 8.08. The molecule has 1 saturated carbocycles. The fourth-order valence-corrected chi connectivity index (χ4v) is 6.08. The third kappa shape index (κ3) is 7.30. The number of halogens is 3. The molecule has 2 fully saturated rings. The molecular formula is C27H28F3N5O5S. The molecule has 14 heteroatoms. The van der Waals surface area contributed by atoms with Crippen molar-refractivity contribution < 1.29 is 35.3 Å². The molecular weight excluding hydrogens is 563 g/mol. The molecule has 0 unspecified atom stereocenters. The quantitative estimate of drug-likeness (QED) is 0.401. The van der Waals surface area contributed by atoms with Gasteiger partial charge in [0.25, 0.3) is 0 Å². The minimum absolute atomic E-state index is 0.0652. The van der Waals surface area contributed by atoms with Crippen molar-refractivity contribution in [2.24, 2.45) is 0 Å². The minimum Gasteiger partial charge on any atom is -0.473 e. The summed E-state index contributed by atoms with van der Waals surface area (Å²) in [5, 5.41) is 0. The Morgan fingerprint density at radius 1 is 1.05 bits per heavy atom. The van der Waals surface area contributed by atoms with Crippen LogP contribution in [0.25, 0.3) is 0 Å². The molecule has 0 spiro atoms. The van der Waals surface area contributed by atoms with Crippen LogP contribution in [0.15, 0.2) is 61.1 Å². The van der Waals surface area contributed by atoms with Crippen molar-refractivity contribution in [1.82, 2.24) is 19.9 Å². The number of anilines is 1. The number of ether oxygens (including phenoxy) is 1. The number of alkyl halides is 3. The number of likely N-dealkylation sites (tertiary alicyclic amines) is 1. The average molecular weight is 592 g/mol. The van der Waals surface area contributed by atoms with Crippen LogP contribution in [0.1, 0.15) is 59.6 Å². The van der Waals surface area contributed by atoms with Crippen LogP contribution in [0.3, 0.4) is 0 Å². The lowest BCUT2D eigenvalue weighted by Crippen LogP contribution is -2.48. The van der Waals surface area contributed by atoms with E-state index in [1.807, 2.05) is 4.72 Å². The van der Waals surface area contributed by atoms with Gasteiger partial charge in [-0.3, -0.25) is 4.90 Å². The first-order chi connectivity index (χ1) is 19.6.